The smallest absolute Gasteiger partial charge is 0.309 e. The lowest BCUT2D eigenvalue weighted by atomic mass is 9.97. The number of rotatable bonds is 16. The van der Waals surface area contributed by atoms with Crippen LogP contribution >= 0.6 is 0 Å². The number of aliphatic carboxylic acids is 1. The topological polar surface area (TPSA) is 37.3 Å². The second-order valence-corrected chi connectivity index (χ2v) is 7.43. The van der Waals surface area contributed by atoms with Crippen molar-refractivity contribution in [1.29, 1.82) is 0 Å². The maximum atomic E-state index is 11.0. The van der Waals surface area contributed by atoms with Crippen LogP contribution in [0, 0.1) is 5.41 Å². The van der Waals surface area contributed by atoms with Gasteiger partial charge in [0.25, 0.3) is 0 Å². The lowest BCUT2D eigenvalue weighted by Crippen LogP contribution is -2.14. The predicted octanol–water partition coefficient (Wildman–Crippen LogP) is 6.72. The van der Waals surface area contributed by atoms with Crippen molar-refractivity contribution in [3.8, 4) is 0 Å². The molecule has 0 aliphatic heterocycles. The molecule has 0 aromatic carbocycles. The van der Waals surface area contributed by atoms with Gasteiger partial charge in [0.2, 0.25) is 0 Å². The zero-order valence-corrected chi connectivity index (χ0v) is 14.9. The van der Waals surface area contributed by atoms with Gasteiger partial charge in [-0.3, -0.25) is 4.79 Å². The molecule has 1 saturated carbocycles. The van der Waals surface area contributed by atoms with Crippen LogP contribution in [0.1, 0.15) is 116 Å². The van der Waals surface area contributed by atoms with E-state index in [0.717, 1.165) is 25.7 Å². The minimum absolute atomic E-state index is 0.295. The molecule has 22 heavy (non-hydrogen) atoms. The van der Waals surface area contributed by atoms with Gasteiger partial charge in [-0.2, -0.15) is 0 Å². The van der Waals surface area contributed by atoms with Crippen molar-refractivity contribution < 1.29 is 9.90 Å². The normalized spacial score (nSPS) is 15.9. The Hall–Kier alpha value is -0.530. The van der Waals surface area contributed by atoms with E-state index in [1.165, 1.54) is 83.5 Å². The molecule has 0 saturated heterocycles. The van der Waals surface area contributed by atoms with Crippen LogP contribution < -0.4 is 0 Å². The molecular formula is C20H38O2. The van der Waals surface area contributed by atoms with Crippen LogP contribution in [0.2, 0.25) is 0 Å². The van der Waals surface area contributed by atoms with E-state index < -0.39 is 5.97 Å². The first-order valence-corrected chi connectivity index (χ1v) is 9.95. The third-order valence-corrected chi connectivity index (χ3v) is 5.32. The summed E-state index contributed by atoms with van der Waals surface area (Å²) in [6, 6.07) is 0. The molecule has 1 rings (SSSR count). The molecule has 1 fully saturated rings. The minimum atomic E-state index is -0.554. The van der Waals surface area contributed by atoms with Gasteiger partial charge in [0, 0.05) is 0 Å². The average Bonchev–Trinajstić information content (AvgIpc) is 3.29. The van der Waals surface area contributed by atoms with E-state index >= 15 is 0 Å². The summed E-state index contributed by atoms with van der Waals surface area (Å²) < 4.78 is 0. The van der Waals surface area contributed by atoms with Crippen LogP contribution in [0.25, 0.3) is 0 Å². The van der Waals surface area contributed by atoms with Crippen molar-refractivity contribution in [3.05, 3.63) is 0 Å². The molecule has 130 valence electrons. The molecule has 2 nitrogen and oxygen atoms in total. The van der Waals surface area contributed by atoms with Crippen LogP contribution in [-0.2, 0) is 4.79 Å². The maximum absolute atomic E-state index is 11.0. The first-order chi connectivity index (χ1) is 10.7. The molecule has 1 aliphatic rings. The van der Waals surface area contributed by atoms with Gasteiger partial charge in [0.15, 0.2) is 0 Å². The van der Waals surface area contributed by atoms with E-state index in [1.54, 1.807) is 0 Å². The van der Waals surface area contributed by atoms with Gasteiger partial charge in [-0.1, -0.05) is 96.8 Å². The van der Waals surface area contributed by atoms with Gasteiger partial charge >= 0.3 is 5.97 Å². The number of carboxylic acids is 1. The summed E-state index contributed by atoms with van der Waals surface area (Å²) >= 11 is 0. The van der Waals surface area contributed by atoms with Gasteiger partial charge in [-0.05, 0) is 19.3 Å². The number of carboxylic acid groups (broad SMARTS) is 1. The van der Waals surface area contributed by atoms with Gasteiger partial charge in [-0.15, -0.1) is 0 Å². The summed E-state index contributed by atoms with van der Waals surface area (Å²) in [5.74, 6) is -0.554. The summed E-state index contributed by atoms with van der Waals surface area (Å²) in [7, 11) is 0. The standard InChI is InChI=1S/C20H38O2/c1-2-3-4-5-6-7-8-9-10-11-12-13-14-15-16-20(17-18-20)19(21)22/h2-18H2,1H3,(H,21,22). The molecular weight excluding hydrogens is 272 g/mol. The fourth-order valence-electron chi connectivity index (χ4n) is 3.38. The Labute approximate surface area is 138 Å². The van der Waals surface area contributed by atoms with Crippen molar-refractivity contribution in [2.45, 2.75) is 116 Å². The Morgan fingerprint density at radius 1 is 0.727 bits per heavy atom. The highest BCUT2D eigenvalue weighted by molar-refractivity contribution is 5.77. The highest BCUT2D eigenvalue weighted by Gasteiger charge is 2.49. The molecule has 2 heteroatoms. The van der Waals surface area contributed by atoms with Gasteiger partial charge < -0.3 is 5.11 Å². The summed E-state index contributed by atoms with van der Waals surface area (Å²) in [6.45, 7) is 2.27. The highest BCUT2D eigenvalue weighted by atomic mass is 16.4. The molecule has 0 aromatic heterocycles. The molecule has 0 atom stereocenters. The van der Waals surface area contributed by atoms with Crippen molar-refractivity contribution in [1.82, 2.24) is 0 Å². The molecule has 0 heterocycles. The summed E-state index contributed by atoms with van der Waals surface area (Å²) in [6.07, 6.45) is 21.8. The van der Waals surface area contributed by atoms with E-state index in [4.69, 9.17) is 5.11 Å². The Morgan fingerprint density at radius 3 is 1.41 bits per heavy atom. The van der Waals surface area contributed by atoms with Crippen molar-refractivity contribution in [2.75, 3.05) is 0 Å². The monoisotopic (exact) mass is 310 g/mol. The van der Waals surface area contributed by atoms with Crippen LogP contribution in [0.3, 0.4) is 0 Å². The van der Waals surface area contributed by atoms with Crippen molar-refractivity contribution in [2.24, 2.45) is 5.41 Å². The third kappa shape index (κ3) is 8.80. The van der Waals surface area contributed by atoms with Gasteiger partial charge in [0.05, 0.1) is 5.41 Å². The molecule has 0 spiro atoms. The Kier molecular flexibility index (Phi) is 10.6. The number of hydrogen-bond donors (Lipinski definition) is 1. The highest BCUT2D eigenvalue weighted by Crippen LogP contribution is 2.50. The fourth-order valence-corrected chi connectivity index (χ4v) is 3.38. The minimum Gasteiger partial charge on any atom is -0.481 e. The molecule has 1 N–H and O–H groups in total. The second kappa shape index (κ2) is 12.0. The third-order valence-electron chi connectivity index (χ3n) is 5.32. The lowest BCUT2D eigenvalue weighted by molar-refractivity contribution is -0.143. The predicted molar refractivity (Wildman–Crippen MR) is 94.2 cm³/mol. The molecule has 0 amide bonds. The summed E-state index contributed by atoms with van der Waals surface area (Å²) in [5.41, 5.74) is -0.295. The molecule has 0 unspecified atom stereocenters. The van der Waals surface area contributed by atoms with E-state index in [1.807, 2.05) is 0 Å². The molecule has 0 aromatic rings. The summed E-state index contributed by atoms with van der Waals surface area (Å²) in [4.78, 5) is 11.0. The maximum Gasteiger partial charge on any atom is 0.309 e. The summed E-state index contributed by atoms with van der Waals surface area (Å²) in [5, 5.41) is 9.11. The first-order valence-electron chi connectivity index (χ1n) is 9.95. The van der Waals surface area contributed by atoms with E-state index in [-0.39, 0.29) is 5.41 Å². The van der Waals surface area contributed by atoms with Crippen molar-refractivity contribution >= 4 is 5.97 Å². The quantitative estimate of drug-likeness (QED) is 0.321. The van der Waals surface area contributed by atoms with E-state index in [2.05, 4.69) is 6.92 Å². The van der Waals surface area contributed by atoms with Gasteiger partial charge in [0.1, 0.15) is 0 Å². The van der Waals surface area contributed by atoms with Crippen LogP contribution in [-0.4, -0.2) is 11.1 Å². The first kappa shape index (κ1) is 19.5. The largest absolute Gasteiger partial charge is 0.481 e. The Morgan fingerprint density at radius 2 is 1.09 bits per heavy atom. The molecule has 1 aliphatic carbocycles. The number of unbranched alkanes of at least 4 members (excludes halogenated alkanes) is 13. The number of hydrogen-bond acceptors (Lipinski definition) is 1. The molecule has 0 bridgehead atoms. The van der Waals surface area contributed by atoms with Gasteiger partial charge in [-0.25, -0.2) is 0 Å². The second-order valence-electron chi connectivity index (χ2n) is 7.43. The van der Waals surface area contributed by atoms with Crippen molar-refractivity contribution in [3.63, 3.8) is 0 Å². The Balaban J connectivity index is 1.73. The number of carbonyl (C=O) groups is 1. The zero-order valence-electron chi connectivity index (χ0n) is 14.9. The average molecular weight is 311 g/mol. The van der Waals surface area contributed by atoms with Crippen LogP contribution in [0.5, 0.6) is 0 Å². The zero-order chi connectivity index (χ0) is 16.1. The Bertz CT molecular complexity index is 281. The SMILES string of the molecule is CCCCCCCCCCCCCCCCC1(C(=O)O)CC1. The van der Waals surface area contributed by atoms with E-state index in [0.29, 0.717) is 0 Å². The molecule has 0 radical (unpaired) electrons. The fraction of sp³-hybridized carbons (Fsp3) is 0.950. The van der Waals surface area contributed by atoms with Crippen LogP contribution in [0.15, 0.2) is 0 Å². The van der Waals surface area contributed by atoms with E-state index in [9.17, 15) is 4.79 Å². The van der Waals surface area contributed by atoms with Crippen LogP contribution in [0.4, 0.5) is 0 Å². The lowest BCUT2D eigenvalue weighted by Gasteiger charge is -2.08.